The van der Waals surface area contributed by atoms with Crippen LogP contribution in [0.3, 0.4) is 0 Å². The highest BCUT2D eigenvalue weighted by molar-refractivity contribution is 9.10. The number of rotatable bonds is 2. The number of hydrogen-bond acceptors (Lipinski definition) is 1. The van der Waals surface area contributed by atoms with Crippen molar-refractivity contribution in [3.8, 4) is 11.5 Å². The van der Waals surface area contributed by atoms with Crippen molar-refractivity contribution >= 4 is 15.9 Å². The second-order valence-corrected chi connectivity index (χ2v) is 4.16. The van der Waals surface area contributed by atoms with Gasteiger partial charge in [-0.25, -0.2) is 0 Å². The Labute approximate surface area is 97.8 Å². The first-order valence-electron chi connectivity index (χ1n) is 4.75. The van der Waals surface area contributed by atoms with Crippen LogP contribution in [0.25, 0.3) is 0 Å². The normalized spacial score (nSPS) is 10.0. The minimum Gasteiger partial charge on any atom is -0.456 e. The molecule has 0 fully saturated rings. The lowest BCUT2D eigenvalue weighted by molar-refractivity contribution is 0.476. The number of hydrogen-bond donors (Lipinski definition) is 0. The smallest absolute Gasteiger partial charge is 0.144 e. The molecule has 0 spiro atoms. The van der Waals surface area contributed by atoms with Gasteiger partial charge in [-0.3, -0.25) is 0 Å². The lowest BCUT2D eigenvalue weighted by Crippen LogP contribution is -1.88. The first-order chi connectivity index (χ1) is 7.27. The molecular weight excluding hydrogens is 252 g/mol. The Morgan fingerprint density at radius 3 is 2.33 bits per heavy atom. The lowest BCUT2D eigenvalue weighted by atomic mass is 10.2. The van der Waals surface area contributed by atoms with Crippen molar-refractivity contribution in [2.75, 3.05) is 0 Å². The fraction of sp³-hybridized carbons (Fsp3) is 0.0769. The molecule has 0 amide bonds. The molecule has 76 valence electrons. The van der Waals surface area contributed by atoms with Gasteiger partial charge in [-0.05, 0) is 46.6 Å². The van der Waals surface area contributed by atoms with Crippen LogP contribution >= 0.6 is 15.9 Å². The average Bonchev–Trinajstić information content (AvgIpc) is 2.25. The fourth-order valence-electron chi connectivity index (χ4n) is 1.35. The molecule has 0 aliphatic rings. The zero-order chi connectivity index (χ0) is 10.7. The summed E-state index contributed by atoms with van der Waals surface area (Å²) in [5.41, 5.74) is 1.12. The zero-order valence-electron chi connectivity index (χ0n) is 8.41. The van der Waals surface area contributed by atoms with E-state index in [-0.39, 0.29) is 0 Å². The molecule has 0 aliphatic carbocycles. The highest BCUT2D eigenvalue weighted by Crippen LogP contribution is 2.32. The monoisotopic (exact) mass is 262 g/mol. The van der Waals surface area contributed by atoms with Gasteiger partial charge in [0.15, 0.2) is 0 Å². The summed E-state index contributed by atoms with van der Waals surface area (Å²) in [6.45, 7) is 2.03. The maximum Gasteiger partial charge on any atom is 0.144 e. The quantitative estimate of drug-likeness (QED) is 0.772. The zero-order valence-corrected chi connectivity index (χ0v) is 9.99. The number of halogens is 1. The summed E-state index contributed by atoms with van der Waals surface area (Å²) in [6.07, 6.45) is 0. The molecule has 0 aromatic heterocycles. The second-order valence-electron chi connectivity index (χ2n) is 3.30. The molecule has 0 atom stereocenters. The molecule has 0 saturated heterocycles. The summed E-state index contributed by atoms with van der Waals surface area (Å²) < 4.78 is 6.77. The van der Waals surface area contributed by atoms with Crippen LogP contribution in [0, 0.1) is 6.92 Å². The molecule has 15 heavy (non-hydrogen) atoms. The van der Waals surface area contributed by atoms with Crippen LogP contribution < -0.4 is 4.74 Å². The third-order valence-corrected chi connectivity index (χ3v) is 2.75. The molecule has 2 aromatic carbocycles. The summed E-state index contributed by atoms with van der Waals surface area (Å²) in [7, 11) is 0. The van der Waals surface area contributed by atoms with Crippen LogP contribution in [0.2, 0.25) is 0 Å². The second kappa shape index (κ2) is 4.49. The molecule has 2 rings (SSSR count). The molecule has 0 radical (unpaired) electrons. The predicted molar refractivity (Wildman–Crippen MR) is 65.4 cm³/mol. The van der Waals surface area contributed by atoms with Crippen LogP contribution in [0.4, 0.5) is 0 Å². The Hall–Kier alpha value is -1.28. The van der Waals surface area contributed by atoms with E-state index in [4.69, 9.17) is 4.74 Å². The number of ether oxygens (including phenoxy) is 1. The summed E-state index contributed by atoms with van der Waals surface area (Å²) in [5, 5.41) is 0. The van der Waals surface area contributed by atoms with Crippen molar-refractivity contribution in [3.63, 3.8) is 0 Å². The summed E-state index contributed by atoms with van der Waals surface area (Å²) in [6, 6.07) is 15.8. The average molecular weight is 263 g/mol. The highest BCUT2D eigenvalue weighted by atomic mass is 79.9. The Morgan fingerprint density at radius 1 is 0.933 bits per heavy atom. The van der Waals surface area contributed by atoms with Crippen LogP contribution in [0.1, 0.15) is 5.56 Å². The van der Waals surface area contributed by atoms with Crippen molar-refractivity contribution in [2.45, 2.75) is 6.92 Å². The Bertz CT molecular complexity index is 431. The van der Waals surface area contributed by atoms with Gasteiger partial charge in [-0.2, -0.15) is 0 Å². The van der Waals surface area contributed by atoms with E-state index >= 15 is 0 Å². The van der Waals surface area contributed by atoms with Crippen molar-refractivity contribution < 1.29 is 4.74 Å². The maximum absolute atomic E-state index is 5.79. The molecule has 0 saturated carbocycles. The van der Waals surface area contributed by atoms with Gasteiger partial charge in [-0.1, -0.05) is 30.3 Å². The number of para-hydroxylation sites is 2. The molecule has 0 N–H and O–H groups in total. The first kappa shape index (κ1) is 10.2. The van der Waals surface area contributed by atoms with Crippen LogP contribution in [-0.2, 0) is 0 Å². The van der Waals surface area contributed by atoms with E-state index in [1.165, 1.54) is 0 Å². The molecule has 0 aliphatic heterocycles. The van der Waals surface area contributed by atoms with Crippen LogP contribution in [-0.4, -0.2) is 0 Å². The first-order valence-corrected chi connectivity index (χ1v) is 5.54. The number of aryl methyl sites for hydroxylation is 1. The van der Waals surface area contributed by atoms with E-state index < -0.39 is 0 Å². The topological polar surface area (TPSA) is 9.23 Å². The van der Waals surface area contributed by atoms with Gasteiger partial charge < -0.3 is 4.74 Å². The van der Waals surface area contributed by atoms with E-state index in [2.05, 4.69) is 15.9 Å². The minimum absolute atomic E-state index is 0.854. The largest absolute Gasteiger partial charge is 0.456 e. The maximum atomic E-state index is 5.79. The van der Waals surface area contributed by atoms with E-state index in [1.54, 1.807) is 0 Å². The third kappa shape index (κ3) is 2.39. The van der Waals surface area contributed by atoms with Gasteiger partial charge in [0.05, 0.1) is 4.47 Å². The van der Waals surface area contributed by atoms with Gasteiger partial charge in [0.2, 0.25) is 0 Å². The van der Waals surface area contributed by atoms with Gasteiger partial charge in [0, 0.05) is 0 Å². The van der Waals surface area contributed by atoms with E-state index in [0.717, 1.165) is 21.5 Å². The Kier molecular flexibility index (Phi) is 3.07. The van der Waals surface area contributed by atoms with E-state index in [1.807, 2.05) is 55.5 Å². The van der Waals surface area contributed by atoms with Gasteiger partial charge in [0.25, 0.3) is 0 Å². The summed E-state index contributed by atoms with van der Waals surface area (Å²) in [4.78, 5) is 0. The van der Waals surface area contributed by atoms with Crippen molar-refractivity contribution in [3.05, 3.63) is 58.6 Å². The molecule has 2 heteroatoms. The van der Waals surface area contributed by atoms with Gasteiger partial charge >= 0.3 is 0 Å². The Balaban J connectivity index is 2.32. The molecule has 0 heterocycles. The molecule has 1 nitrogen and oxygen atoms in total. The van der Waals surface area contributed by atoms with E-state index in [0.29, 0.717) is 0 Å². The summed E-state index contributed by atoms with van der Waals surface area (Å²) >= 11 is 3.48. The molecular formula is C13H11BrO. The highest BCUT2D eigenvalue weighted by Gasteiger charge is 2.04. The van der Waals surface area contributed by atoms with Crippen LogP contribution in [0.5, 0.6) is 11.5 Å². The van der Waals surface area contributed by atoms with Crippen molar-refractivity contribution in [2.24, 2.45) is 0 Å². The Morgan fingerprint density at radius 2 is 1.67 bits per heavy atom. The van der Waals surface area contributed by atoms with Gasteiger partial charge in [-0.15, -0.1) is 0 Å². The standard InChI is InChI=1S/C13H11BrO/c1-10-6-5-9-12(14)13(10)15-11-7-3-2-4-8-11/h2-9H,1H3. The minimum atomic E-state index is 0.854. The third-order valence-electron chi connectivity index (χ3n) is 2.13. The molecule has 0 bridgehead atoms. The SMILES string of the molecule is Cc1cccc(Br)c1Oc1ccccc1. The van der Waals surface area contributed by atoms with Crippen molar-refractivity contribution in [1.29, 1.82) is 0 Å². The van der Waals surface area contributed by atoms with Crippen molar-refractivity contribution in [1.82, 2.24) is 0 Å². The van der Waals surface area contributed by atoms with Crippen LogP contribution in [0.15, 0.2) is 53.0 Å². The molecule has 0 unspecified atom stereocenters. The van der Waals surface area contributed by atoms with E-state index in [9.17, 15) is 0 Å². The predicted octanol–water partition coefficient (Wildman–Crippen LogP) is 4.55. The molecule has 2 aromatic rings. The lowest BCUT2D eigenvalue weighted by Gasteiger charge is -2.10. The fourth-order valence-corrected chi connectivity index (χ4v) is 1.90. The number of benzene rings is 2. The van der Waals surface area contributed by atoms with Gasteiger partial charge in [0.1, 0.15) is 11.5 Å². The summed E-state index contributed by atoms with van der Waals surface area (Å²) in [5.74, 6) is 1.73.